The van der Waals surface area contributed by atoms with Gasteiger partial charge in [0.15, 0.2) is 0 Å². The molecule has 0 bridgehead atoms. The zero-order valence-corrected chi connectivity index (χ0v) is 13.5. The van der Waals surface area contributed by atoms with Crippen molar-refractivity contribution in [2.45, 2.75) is 71.8 Å². The first-order valence-electron chi connectivity index (χ1n) is 8.18. The molecule has 0 saturated heterocycles. The molecular weight excluding hydrogens is 232 g/mol. The molecule has 0 aliphatic heterocycles. The summed E-state index contributed by atoms with van der Waals surface area (Å²) in [6.07, 6.45) is 10.3. The lowest BCUT2D eigenvalue weighted by Crippen LogP contribution is -2.56. The summed E-state index contributed by atoms with van der Waals surface area (Å²) in [5.41, 5.74) is 7.68. The Labute approximate surface area is 120 Å². The number of allylic oxidation sites excluding steroid dienone is 1. The van der Waals surface area contributed by atoms with Crippen LogP contribution in [0.15, 0.2) is 11.6 Å². The molecule has 2 heteroatoms. The van der Waals surface area contributed by atoms with Crippen molar-refractivity contribution < 1.29 is 0 Å². The zero-order valence-electron chi connectivity index (χ0n) is 13.5. The van der Waals surface area contributed by atoms with E-state index in [1.54, 1.807) is 0 Å². The van der Waals surface area contributed by atoms with E-state index in [9.17, 15) is 0 Å². The fourth-order valence-electron chi connectivity index (χ4n) is 3.49. The summed E-state index contributed by atoms with van der Waals surface area (Å²) in [6, 6.07) is 0. The highest BCUT2D eigenvalue weighted by molar-refractivity contribution is 5.02. The molecule has 0 aromatic heterocycles. The van der Waals surface area contributed by atoms with E-state index in [0.29, 0.717) is 0 Å². The van der Waals surface area contributed by atoms with E-state index in [2.05, 4.69) is 39.1 Å². The molecule has 0 radical (unpaired) electrons. The number of hydrogen-bond acceptors (Lipinski definition) is 2. The molecule has 0 aromatic rings. The minimum atomic E-state index is 0.103. The normalized spacial score (nSPS) is 28.2. The topological polar surface area (TPSA) is 38.0 Å². The molecular formula is C17H34N2. The molecule has 0 amide bonds. The SMILES string of the molecule is CC/C(C)=C\CNC(C)(CN)C1CCCCC1CC. The summed E-state index contributed by atoms with van der Waals surface area (Å²) < 4.78 is 0. The maximum absolute atomic E-state index is 6.12. The van der Waals surface area contributed by atoms with Gasteiger partial charge in [0.1, 0.15) is 0 Å². The molecule has 3 N–H and O–H groups in total. The predicted molar refractivity (Wildman–Crippen MR) is 85.2 cm³/mol. The molecule has 19 heavy (non-hydrogen) atoms. The predicted octanol–water partition coefficient (Wildman–Crippen LogP) is 3.87. The van der Waals surface area contributed by atoms with E-state index in [1.165, 1.54) is 37.7 Å². The van der Waals surface area contributed by atoms with Crippen LogP contribution in [0.2, 0.25) is 0 Å². The average molecular weight is 266 g/mol. The zero-order chi connectivity index (χ0) is 14.3. The third kappa shape index (κ3) is 4.61. The van der Waals surface area contributed by atoms with Crippen molar-refractivity contribution in [3.63, 3.8) is 0 Å². The Kier molecular flexibility index (Phi) is 7.09. The van der Waals surface area contributed by atoms with E-state index >= 15 is 0 Å². The van der Waals surface area contributed by atoms with Crippen LogP contribution in [-0.4, -0.2) is 18.6 Å². The standard InChI is InChI=1S/C17H34N2/c1-5-14(3)11-12-19-17(4,13-18)16-10-8-7-9-15(16)6-2/h11,15-16,19H,5-10,12-13,18H2,1-4H3/b14-11-. The first kappa shape index (κ1) is 16.7. The van der Waals surface area contributed by atoms with Crippen LogP contribution in [0, 0.1) is 11.8 Å². The molecule has 1 rings (SSSR count). The summed E-state index contributed by atoms with van der Waals surface area (Å²) in [6.45, 7) is 10.8. The van der Waals surface area contributed by atoms with E-state index in [4.69, 9.17) is 5.73 Å². The third-order valence-electron chi connectivity index (χ3n) is 5.19. The second-order valence-electron chi connectivity index (χ2n) is 6.47. The first-order valence-corrected chi connectivity index (χ1v) is 8.18. The quantitative estimate of drug-likeness (QED) is 0.687. The third-order valence-corrected chi connectivity index (χ3v) is 5.19. The Morgan fingerprint density at radius 2 is 2.00 bits per heavy atom. The summed E-state index contributed by atoms with van der Waals surface area (Å²) in [7, 11) is 0. The molecule has 1 saturated carbocycles. The molecule has 1 fully saturated rings. The summed E-state index contributed by atoms with van der Waals surface area (Å²) in [5, 5.41) is 3.74. The maximum atomic E-state index is 6.12. The van der Waals surface area contributed by atoms with Gasteiger partial charge in [-0.2, -0.15) is 0 Å². The van der Waals surface area contributed by atoms with Gasteiger partial charge in [-0.1, -0.05) is 51.2 Å². The highest BCUT2D eigenvalue weighted by Crippen LogP contribution is 2.38. The van der Waals surface area contributed by atoms with Gasteiger partial charge in [-0.3, -0.25) is 0 Å². The van der Waals surface area contributed by atoms with Gasteiger partial charge in [0.2, 0.25) is 0 Å². The first-order chi connectivity index (χ1) is 9.07. The van der Waals surface area contributed by atoms with Crippen LogP contribution in [0.4, 0.5) is 0 Å². The van der Waals surface area contributed by atoms with Gasteiger partial charge in [0.05, 0.1) is 0 Å². The lowest BCUT2D eigenvalue weighted by molar-refractivity contribution is 0.117. The summed E-state index contributed by atoms with van der Waals surface area (Å²) >= 11 is 0. The van der Waals surface area contributed by atoms with Crippen LogP contribution in [0.25, 0.3) is 0 Å². The van der Waals surface area contributed by atoms with Crippen molar-refractivity contribution in [2.24, 2.45) is 17.6 Å². The maximum Gasteiger partial charge on any atom is 0.0309 e. The number of nitrogens with one attached hydrogen (secondary N) is 1. The molecule has 3 atom stereocenters. The second-order valence-corrected chi connectivity index (χ2v) is 6.47. The van der Waals surface area contributed by atoms with Gasteiger partial charge in [-0.15, -0.1) is 0 Å². The van der Waals surface area contributed by atoms with Crippen LogP contribution >= 0.6 is 0 Å². The monoisotopic (exact) mass is 266 g/mol. The molecule has 1 aliphatic rings. The minimum Gasteiger partial charge on any atom is -0.329 e. The summed E-state index contributed by atoms with van der Waals surface area (Å²) in [4.78, 5) is 0. The Morgan fingerprint density at radius 3 is 2.58 bits per heavy atom. The van der Waals surface area contributed by atoms with Crippen molar-refractivity contribution in [3.05, 3.63) is 11.6 Å². The van der Waals surface area contributed by atoms with Crippen LogP contribution in [0.1, 0.15) is 66.2 Å². The van der Waals surface area contributed by atoms with E-state index < -0.39 is 0 Å². The lowest BCUT2D eigenvalue weighted by Gasteiger charge is -2.44. The lowest BCUT2D eigenvalue weighted by atomic mass is 9.68. The van der Waals surface area contributed by atoms with Crippen molar-refractivity contribution in [1.29, 1.82) is 0 Å². The summed E-state index contributed by atoms with van der Waals surface area (Å²) in [5.74, 6) is 1.60. The van der Waals surface area contributed by atoms with Crippen molar-refractivity contribution in [3.8, 4) is 0 Å². The Hall–Kier alpha value is -0.340. The van der Waals surface area contributed by atoms with E-state index in [1.807, 2.05) is 0 Å². The van der Waals surface area contributed by atoms with Crippen molar-refractivity contribution in [1.82, 2.24) is 5.32 Å². The highest BCUT2D eigenvalue weighted by atomic mass is 15.0. The van der Waals surface area contributed by atoms with Gasteiger partial charge < -0.3 is 11.1 Å². The average Bonchev–Trinajstić information content (AvgIpc) is 2.46. The molecule has 3 unspecified atom stereocenters. The minimum absolute atomic E-state index is 0.103. The van der Waals surface area contributed by atoms with Crippen molar-refractivity contribution >= 4 is 0 Å². The molecule has 2 nitrogen and oxygen atoms in total. The van der Waals surface area contributed by atoms with Crippen LogP contribution < -0.4 is 11.1 Å². The van der Waals surface area contributed by atoms with Crippen molar-refractivity contribution in [2.75, 3.05) is 13.1 Å². The Morgan fingerprint density at radius 1 is 1.32 bits per heavy atom. The van der Waals surface area contributed by atoms with Gasteiger partial charge in [0.25, 0.3) is 0 Å². The molecule has 112 valence electrons. The Bertz CT molecular complexity index is 285. The Balaban J connectivity index is 2.66. The molecule has 1 aliphatic carbocycles. The number of rotatable bonds is 7. The van der Waals surface area contributed by atoms with Gasteiger partial charge in [-0.05, 0) is 38.5 Å². The largest absolute Gasteiger partial charge is 0.329 e. The molecule has 0 heterocycles. The molecule has 0 spiro atoms. The van der Waals surface area contributed by atoms with E-state index in [-0.39, 0.29) is 5.54 Å². The van der Waals surface area contributed by atoms with E-state index in [0.717, 1.165) is 31.3 Å². The highest BCUT2D eigenvalue weighted by Gasteiger charge is 2.38. The van der Waals surface area contributed by atoms with Crippen LogP contribution in [-0.2, 0) is 0 Å². The molecule has 0 aromatic carbocycles. The smallest absolute Gasteiger partial charge is 0.0309 e. The fraction of sp³-hybridized carbons (Fsp3) is 0.882. The second kappa shape index (κ2) is 8.06. The number of hydrogen-bond donors (Lipinski definition) is 2. The van der Waals surface area contributed by atoms with Gasteiger partial charge >= 0.3 is 0 Å². The van der Waals surface area contributed by atoms with Gasteiger partial charge in [0, 0.05) is 18.6 Å². The van der Waals surface area contributed by atoms with Crippen LogP contribution in [0.3, 0.4) is 0 Å². The van der Waals surface area contributed by atoms with Crippen LogP contribution in [0.5, 0.6) is 0 Å². The number of nitrogens with two attached hydrogens (primary N) is 1. The van der Waals surface area contributed by atoms with Gasteiger partial charge in [-0.25, -0.2) is 0 Å². The fourth-order valence-corrected chi connectivity index (χ4v) is 3.49.